The van der Waals surface area contributed by atoms with Gasteiger partial charge in [-0.1, -0.05) is 5.21 Å². The van der Waals surface area contributed by atoms with Crippen LogP contribution >= 0.6 is 0 Å². The lowest BCUT2D eigenvalue weighted by atomic mass is 10.1. The van der Waals surface area contributed by atoms with Gasteiger partial charge in [-0.25, -0.2) is 4.68 Å². The highest BCUT2D eigenvalue weighted by atomic mass is 16.5. The molecule has 1 aliphatic rings. The standard InChI is InChI=1S/C11H20N4O/c1-10-9-15(13-12-10)11-3-5-14(6-4-11)7-8-16-2/h9,11H,3-8H2,1-2H3. The fraction of sp³-hybridized carbons (Fsp3) is 0.818. The van der Waals surface area contributed by atoms with Crippen LogP contribution in [0.25, 0.3) is 0 Å². The lowest BCUT2D eigenvalue weighted by Crippen LogP contribution is -2.36. The zero-order valence-electron chi connectivity index (χ0n) is 10.1. The number of likely N-dealkylation sites (tertiary alicyclic amines) is 1. The van der Waals surface area contributed by atoms with E-state index in [0.717, 1.165) is 44.8 Å². The maximum Gasteiger partial charge on any atom is 0.0796 e. The van der Waals surface area contributed by atoms with Crippen molar-refractivity contribution >= 4 is 0 Å². The van der Waals surface area contributed by atoms with Crippen LogP contribution in [-0.2, 0) is 4.74 Å². The van der Waals surface area contributed by atoms with E-state index in [2.05, 4.69) is 15.2 Å². The van der Waals surface area contributed by atoms with Gasteiger partial charge >= 0.3 is 0 Å². The fourth-order valence-electron chi connectivity index (χ4n) is 2.17. The summed E-state index contributed by atoms with van der Waals surface area (Å²) in [5.41, 5.74) is 1.00. The Labute approximate surface area is 96.4 Å². The minimum Gasteiger partial charge on any atom is -0.383 e. The third-order valence-corrected chi connectivity index (χ3v) is 3.17. The summed E-state index contributed by atoms with van der Waals surface area (Å²) in [5, 5.41) is 8.19. The van der Waals surface area contributed by atoms with Crippen molar-refractivity contribution in [2.45, 2.75) is 25.8 Å². The van der Waals surface area contributed by atoms with E-state index < -0.39 is 0 Å². The first-order chi connectivity index (χ1) is 7.79. The highest BCUT2D eigenvalue weighted by molar-refractivity contribution is 4.89. The lowest BCUT2D eigenvalue weighted by molar-refractivity contribution is 0.119. The SMILES string of the molecule is COCCN1CCC(n2cc(C)nn2)CC1. The van der Waals surface area contributed by atoms with Gasteiger partial charge in [-0.15, -0.1) is 5.10 Å². The molecular formula is C11H20N4O. The van der Waals surface area contributed by atoms with Crippen LogP contribution in [0.15, 0.2) is 6.20 Å². The van der Waals surface area contributed by atoms with Gasteiger partial charge in [0.25, 0.3) is 0 Å². The molecule has 1 aromatic heterocycles. The van der Waals surface area contributed by atoms with Gasteiger partial charge in [-0.05, 0) is 19.8 Å². The minimum absolute atomic E-state index is 0.528. The topological polar surface area (TPSA) is 43.2 Å². The van der Waals surface area contributed by atoms with Crippen molar-refractivity contribution in [1.82, 2.24) is 19.9 Å². The second kappa shape index (κ2) is 5.41. The molecule has 5 nitrogen and oxygen atoms in total. The molecule has 0 bridgehead atoms. The Balaban J connectivity index is 1.81. The molecule has 0 radical (unpaired) electrons. The van der Waals surface area contributed by atoms with Crippen LogP contribution in [0, 0.1) is 6.92 Å². The van der Waals surface area contributed by atoms with E-state index >= 15 is 0 Å². The summed E-state index contributed by atoms with van der Waals surface area (Å²) in [6.07, 6.45) is 4.36. The number of aryl methyl sites for hydroxylation is 1. The quantitative estimate of drug-likeness (QED) is 0.761. The van der Waals surface area contributed by atoms with E-state index in [4.69, 9.17) is 4.74 Å². The third kappa shape index (κ3) is 2.80. The van der Waals surface area contributed by atoms with Crippen molar-refractivity contribution in [3.8, 4) is 0 Å². The molecule has 2 heterocycles. The molecule has 90 valence electrons. The summed E-state index contributed by atoms with van der Waals surface area (Å²) in [6, 6.07) is 0.528. The smallest absolute Gasteiger partial charge is 0.0796 e. The van der Waals surface area contributed by atoms with Crippen molar-refractivity contribution in [2.24, 2.45) is 0 Å². The van der Waals surface area contributed by atoms with Crippen molar-refractivity contribution in [1.29, 1.82) is 0 Å². The number of hydrogen-bond donors (Lipinski definition) is 0. The van der Waals surface area contributed by atoms with E-state index in [9.17, 15) is 0 Å². The lowest BCUT2D eigenvalue weighted by Gasteiger charge is -2.31. The Morgan fingerprint density at radius 2 is 2.19 bits per heavy atom. The zero-order valence-corrected chi connectivity index (χ0v) is 10.1. The monoisotopic (exact) mass is 224 g/mol. The van der Waals surface area contributed by atoms with Crippen molar-refractivity contribution in [3.63, 3.8) is 0 Å². The molecule has 1 fully saturated rings. The Hall–Kier alpha value is -0.940. The van der Waals surface area contributed by atoms with Crippen molar-refractivity contribution < 1.29 is 4.74 Å². The molecular weight excluding hydrogens is 204 g/mol. The van der Waals surface area contributed by atoms with Crippen LogP contribution in [0.5, 0.6) is 0 Å². The van der Waals surface area contributed by atoms with Gasteiger partial charge in [0.2, 0.25) is 0 Å². The highest BCUT2D eigenvalue weighted by Gasteiger charge is 2.20. The molecule has 5 heteroatoms. The molecule has 0 aromatic carbocycles. The number of methoxy groups -OCH3 is 1. The normalized spacial score (nSPS) is 19.1. The summed E-state index contributed by atoms with van der Waals surface area (Å²) in [5.74, 6) is 0. The van der Waals surface area contributed by atoms with Gasteiger partial charge in [-0.3, -0.25) is 0 Å². The molecule has 0 atom stereocenters. The van der Waals surface area contributed by atoms with Crippen LogP contribution in [0.1, 0.15) is 24.6 Å². The van der Waals surface area contributed by atoms with Gasteiger partial charge in [0.15, 0.2) is 0 Å². The van der Waals surface area contributed by atoms with E-state index in [1.165, 1.54) is 0 Å². The summed E-state index contributed by atoms with van der Waals surface area (Å²) in [7, 11) is 1.75. The molecule has 1 aromatic rings. The largest absolute Gasteiger partial charge is 0.383 e. The first-order valence-electron chi connectivity index (χ1n) is 5.89. The van der Waals surface area contributed by atoms with Crippen LogP contribution in [-0.4, -0.2) is 53.2 Å². The number of piperidine rings is 1. The predicted molar refractivity (Wildman–Crippen MR) is 61.3 cm³/mol. The molecule has 0 aliphatic carbocycles. The van der Waals surface area contributed by atoms with Gasteiger partial charge in [0, 0.05) is 32.9 Å². The molecule has 2 rings (SSSR count). The van der Waals surface area contributed by atoms with Gasteiger partial charge in [0.1, 0.15) is 0 Å². The minimum atomic E-state index is 0.528. The van der Waals surface area contributed by atoms with Gasteiger partial charge < -0.3 is 9.64 Å². The van der Waals surface area contributed by atoms with Gasteiger partial charge in [-0.2, -0.15) is 0 Å². The fourth-order valence-corrected chi connectivity index (χ4v) is 2.17. The van der Waals surface area contributed by atoms with E-state index in [0.29, 0.717) is 6.04 Å². The average molecular weight is 224 g/mol. The molecule has 1 saturated heterocycles. The Morgan fingerprint density at radius 1 is 1.44 bits per heavy atom. The number of aromatic nitrogens is 3. The molecule has 0 unspecified atom stereocenters. The molecule has 0 spiro atoms. The Morgan fingerprint density at radius 3 is 2.75 bits per heavy atom. The zero-order chi connectivity index (χ0) is 11.4. The molecule has 0 saturated carbocycles. The van der Waals surface area contributed by atoms with E-state index in [1.54, 1.807) is 7.11 Å². The molecule has 0 amide bonds. The van der Waals surface area contributed by atoms with Crippen LogP contribution in [0.2, 0.25) is 0 Å². The maximum atomic E-state index is 5.09. The number of nitrogens with zero attached hydrogens (tertiary/aromatic N) is 4. The van der Waals surface area contributed by atoms with Gasteiger partial charge in [0.05, 0.1) is 18.3 Å². The van der Waals surface area contributed by atoms with Crippen LogP contribution in [0.3, 0.4) is 0 Å². The number of rotatable bonds is 4. The number of ether oxygens (including phenoxy) is 1. The second-order valence-electron chi connectivity index (χ2n) is 4.41. The third-order valence-electron chi connectivity index (χ3n) is 3.17. The molecule has 1 aliphatic heterocycles. The van der Waals surface area contributed by atoms with Crippen molar-refractivity contribution in [2.75, 3.05) is 33.4 Å². The van der Waals surface area contributed by atoms with E-state index in [1.807, 2.05) is 17.8 Å². The molecule has 0 N–H and O–H groups in total. The summed E-state index contributed by atoms with van der Waals surface area (Å²) in [6.45, 7) is 6.11. The molecule has 16 heavy (non-hydrogen) atoms. The van der Waals surface area contributed by atoms with Crippen molar-refractivity contribution in [3.05, 3.63) is 11.9 Å². The van der Waals surface area contributed by atoms with E-state index in [-0.39, 0.29) is 0 Å². The maximum absolute atomic E-state index is 5.09. The first kappa shape index (κ1) is 11.5. The summed E-state index contributed by atoms with van der Waals surface area (Å²) < 4.78 is 7.11. The summed E-state index contributed by atoms with van der Waals surface area (Å²) in [4.78, 5) is 2.45. The Kier molecular flexibility index (Phi) is 3.90. The Bertz CT molecular complexity index is 318. The second-order valence-corrected chi connectivity index (χ2v) is 4.41. The summed E-state index contributed by atoms with van der Waals surface area (Å²) >= 11 is 0. The highest BCUT2D eigenvalue weighted by Crippen LogP contribution is 2.21. The first-order valence-corrected chi connectivity index (χ1v) is 5.89. The van der Waals surface area contributed by atoms with Crippen LogP contribution < -0.4 is 0 Å². The number of hydrogen-bond acceptors (Lipinski definition) is 4. The van der Waals surface area contributed by atoms with Crippen LogP contribution in [0.4, 0.5) is 0 Å². The predicted octanol–water partition coefficient (Wildman–Crippen LogP) is 0.870. The average Bonchev–Trinajstić information content (AvgIpc) is 2.74.